The molecule has 1 rings (SSSR count). The lowest BCUT2D eigenvalue weighted by molar-refractivity contribution is 0.346. The largest absolute Gasteiger partial charge is 0.327 e. The first-order chi connectivity index (χ1) is 7.78. The van der Waals surface area contributed by atoms with Crippen LogP contribution in [-0.4, -0.2) is 6.04 Å². The van der Waals surface area contributed by atoms with Gasteiger partial charge in [-0.25, -0.2) is 8.78 Å². The van der Waals surface area contributed by atoms with E-state index in [9.17, 15) is 8.78 Å². The zero-order chi connectivity index (χ0) is 13.1. The molecule has 96 valence electrons. The lowest BCUT2D eigenvalue weighted by Crippen LogP contribution is -2.25. The van der Waals surface area contributed by atoms with Crippen LogP contribution < -0.4 is 5.73 Å². The molecule has 0 aromatic heterocycles. The Hall–Kier alpha value is -0.960. The Morgan fingerprint density at radius 3 is 2.41 bits per heavy atom. The molecule has 1 aromatic rings. The van der Waals surface area contributed by atoms with Gasteiger partial charge < -0.3 is 5.73 Å². The molecule has 0 aliphatic heterocycles. The highest BCUT2D eigenvalue weighted by molar-refractivity contribution is 5.19. The van der Waals surface area contributed by atoms with Crippen LogP contribution in [0.3, 0.4) is 0 Å². The third kappa shape index (κ3) is 5.26. The van der Waals surface area contributed by atoms with Crippen molar-refractivity contribution in [3.63, 3.8) is 0 Å². The van der Waals surface area contributed by atoms with Gasteiger partial charge in [0.05, 0.1) is 0 Å². The molecule has 2 N–H and O–H groups in total. The van der Waals surface area contributed by atoms with Crippen molar-refractivity contribution < 1.29 is 8.78 Å². The molecule has 0 fully saturated rings. The Labute approximate surface area is 102 Å². The first kappa shape index (κ1) is 14.1. The standard InChI is InChI=1S/C14H21F2N/c1-14(2,3)7-6-12(17)8-10-4-5-11(15)9-13(10)16/h4-5,9,12H,6-8,17H2,1-3H3. The van der Waals surface area contributed by atoms with E-state index in [1.54, 1.807) is 0 Å². The van der Waals surface area contributed by atoms with Gasteiger partial charge in [-0.2, -0.15) is 0 Å². The number of hydrogen-bond donors (Lipinski definition) is 1. The number of halogens is 2. The Balaban J connectivity index is 2.53. The van der Waals surface area contributed by atoms with E-state index < -0.39 is 11.6 Å². The molecule has 0 aliphatic rings. The van der Waals surface area contributed by atoms with Crippen LogP contribution in [0.5, 0.6) is 0 Å². The first-order valence-corrected chi connectivity index (χ1v) is 5.97. The minimum atomic E-state index is -0.547. The highest BCUT2D eigenvalue weighted by Gasteiger charge is 2.14. The second-order valence-corrected chi connectivity index (χ2v) is 5.80. The average Bonchev–Trinajstić information content (AvgIpc) is 2.18. The van der Waals surface area contributed by atoms with E-state index in [1.165, 1.54) is 12.1 Å². The maximum Gasteiger partial charge on any atom is 0.129 e. The summed E-state index contributed by atoms with van der Waals surface area (Å²) >= 11 is 0. The van der Waals surface area contributed by atoms with E-state index in [0.717, 1.165) is 18.9 Å². The summed E-state index contributed by atoms with van der Waals surface area (Å²) in [6.45, 7) is 6.45. The summed E-state index contributed by atoms with van der Waals surface area (Å²) in [6.07, 6.45) is 2.31. The lowest BCUT2D eigenvalue weighted by atomic mass is 9.87. The summed E-state index contributed by atoms with van der Waals surface area (Å²) in [5.74, 6) is -1.05. The fourth-order valence-electron chi connectivity index (χ4n) is 1.69. The predicted molar refractivity (Wildman–Crippen MR) is 66.7 cm³/mol. The number of rotatable bonds is 4. The van der Waals surface area contributed by atoms with Crippen molar-refractivity contribution in [2.75, 3.05) is 0 Å². The fourth-order valence-corrected chi connectivity index (χ4v) is 1.69. The van der Waals surface area contributed by atoms with Gasteiger partial charge in [0.25, 0.3) is 0 Å². The SMILES string of the molecule is CC(C)(C)CCC(N)Cc1ccc(F)cc1F. The van der Waals surface area contributed by atoms with E-state index in [1.807, 2.05) is 0 Å². The Kier molecular flexibility index (Phi) is 4.63. The van der Waals surface area contributed by atoms with Crippen LogP contribution in [0.15, 0.2) is 18.2 Å². The third-order valence-corrected chi connectivity index (χ3v) is 2.76. The molecule has 0 radical (unpaired) electrons. The quantitative estimate of drug-likeness (QED) is 0.855. The minimum absolute atomic E-state index is 0.0748. The summed E-state index contributed by atoms with van der Waals surface area (Å²) in [6, 6.07) is 3.58. The van der Waals surface area contributed by atoms with Gasteiger partial charge in [0.2, 0.25) is 0 Å². The topological polar surface area (TPSA) is 26.0 Å². The van der Waals surface area contributed by atoms with E-state index >= 15 is 0 Å². The average molecular weight is 241 g/mol. The summed E-state index contributed by atoms with van der Waals surface area (Å²) in [5.41, 5.74) is 6.69. The molecule has 0 heterocycles. The van der Waals surface area contributed by atoms with Gasteiger partial charge in [0.15, 0.2) is 0 Å². The Morgan fingerprint density at radius 2 is 1.88 bits per heavy atom. The van der Waals surface area contributed by atoms with Crippen molar-refractivity contribution in [1.82, 2.24) is 0 Å². The van der Waals surface area contributed by atoms with Gasteiger partial charge in [0.1, 0.15) is 11.6 Å². The van der Waals surface area contributed by atoms with E-state index in [-0.39, 0.29) is 11.5 Å². The van der Waals surface area contributed by atoms with E-state index in [2.05, 4.69) is 20.8 Å². The van der Waals surface area contributed by atoms with Crippen molar-refractivity contribution in [3.05, 3.63) is 35.4 Å². The van der Waals surface area contributed by atoms with Crippen LogP contribution in [0.25, 0.3) is 0 Å². The first-order valence-electron chi connectivity index (χ1n) is 5.97. The van der Waals surface area contributed by atoms with Crippen molar-refractivity contribution in [3.8, 4) is 0 Å². The molecule has 0 spiro atoms. The molecule has 0 bridgehead atoms. The van der Waals surface area contributed by atoms with Crippen molar-refractivity contribution in [1.29, 1.82) is 0 Å². The maximum atomic E-state index is 13.4. The highest BCUT2D eigenvalue weighted by atomic mass is 19.1. The molecule has 3 heteroatoms. The Bertz CT molecular complexity index is 369. The number of nitrogens with two attached hydrogens (primary N) is 1. The van der Waals surface area contributed by atoms with Gasteiger partial charge in [-0.1, -0.05) is 26.8 Å². The monoisotopic (exact) mass is 241 g/mol. The van der Waals surface area contributed by atoms with Gasteiger partial charge in [-0.05, 0) is 36.3 Å². The molecular weight excluding hydrogens is 220 g/mol. The van der Waals surface area contributed by atoms with Crippen LogP contribution in [0.2, 0.25) is 0 Å². The normalized spacial score (nSPS) is 13.8. The summed E-state index contributed by atoms with van der Waals surface area (Å²) < 4.78 is 26.1. The van der Waals surface area contributed by atoms with E-state index in [4.69, 9.17) is 5.73 Å². The summed E-state index contributed by atoms with van der Waals surface area (Å²) in [4.78, 5) is 0. The van der Waals surface area contributed by atoms with Crippen LogP contribution in [0.1, 0.15) is 39.2 Å². The smallest absolute Gasteiger partial charge is 0.129 e. The van der Waals surface area contributed by atoms with Gasteiger partial charge >= 0.3 is 0 Å². The molecular formula is C14H21F2N. The molecule has 1 unspecified atom stereocenters. The molecule has 1 aromatic carbocycles. The van der Waals surface area contributed by atoms with Gasteiger partial charge in [-0.15, -0.1) is 0 Å². The summed E-state index contributed by atoms with van der Waals surface area (Å²) in [5, 5.41) is 0. The second kappa shape index (κ2) is 5.58. The van der Waals surface area contributed by atoms with Crippen molar-refractivity contribution in [2.45, 2.75) is 46.1 Å². The predicted octanol–water partition coefficient (Wildman–Crippen LogP) is 3.66. The fraction of sp³-hybridized carbons (Fsp3) is 0.571. The molecule has 0 saturated carbocycles. The van der Waals surface area contributed by atoms with E-state index in [0.29, 0.717) is 12.0 Å². The van der Waals surface area contributed by atoms with Crippen LogP contribution >= 0.6 is 0 Å². The summed E-state index contributed by atoms with van der Waals surface area (Å²) in [7, 11) is 0. The Morgan fingerprint density at radius 1 is 1.24 bits per heavy atom. The van der Waals surface area contributed by atoms with Crippen LogP contribution in [0.4, 0.5) is 8.78 Å². The van der Waals surface area contributed by atoms with Crippen molar-refractivity contribution in [2.24, 2.45) is 11.1 Å². The zero-order valence-corrected chi connectivity index (χ0v) is 10.8. The zero-order valence-electron chi connectivity index (χ0n) is 10.8. The van der Waals surface area contributed by atoms with Gasteiger partial charge in [-0.3, -0.25) is 0 Å². The van der Waals surface area contributed by atoms with Crippen molar-refractivity contribution >= 4 is 0 Å². The van der Waals surface area contributed by atoms with Gasteiger partial charge in [0, 0.05) is 12.1 Å². The molecule has 0 saturated heterocycles. The third-order valence-electron chi connectivity index (χ3n) is 2.76. The maximum absolute atomic E-state index is 13.4. The molecule has 1 atom stereocenters. The number of hydrogen-bond acceptors (Lipinski definition) is 1. The second-order valence-electron chi connectivity index (χ2n) is 5.80. The molecule has 1 nitrogen and oxygen atoms in total. The highest BCUT2D eigenvalue weighted by Crippen LogP contribution is 2.22. The van der Waals surface area contributed by atoms with Crippen LogP contribution in [-0.2, 0) is 6.42 Å². The molecule has 0 amide bonds. The minimum Gasteiger partial charge on any atom is -0.327 e. The number of benzene rings is 1. The molecule has 17 heavy (non-hydrogen) atoms. The lowest BCUT2D eigenvalue weighted by Gasteiger charge is -2.21. The van der Waals surface area contributed by atoms with Crippen LogP contribution in [0, 0.1) is 17.0 Å². The molecule has 0 aliphatic carbocycles.